The number of nitrogens with zero attached hydrogens (tertiary/aromatic N) is 2. The number of aromatic nitrogens is 2. The number of carbonyl (C=O) groups excluding carboxylic acids is 1. The molecule has 2 rings (SSSR count). The molecule has 21 heavy (non-hydrogen) atoms. The molecule has 2 aromatic rings. The van der Waals surface area contributed by atoms with E-state index in [1.165, 1.54) is 19.1 Å². The molecule has 0 amide bonds. The number of nitrogens with two attached hydrogens (primary N) is 1. The van der Waals surface area contributed by atoms with Crippen molar-refractivity contribution < 1.29 is 18.3 Å². The Kier molecular flexibility index (Phi) is 4.04. The van der Waals surface area contributed by atoms with Gasteiger partial charge in [0.1, 0.15) is 10.8 Å². The van der Waals surface area contributed by atoms with E-state index in [0.29, 0.717) is 0 Å². The molecule has 5 nitrogen and oxygen atoms in total. The first-order valence-corrected chi connectivity index (χ1v) is 6.11. The van der Waals surface area contributed by atoms with E-state index in [2.05, 4.69) is 14.7 Å². The summed E-state index contributed by atoms with van der Waals surface area (Å²) in [6.45, 7) is 1.42. The van der Waals surface area contributed by atoms with Gasteiger partial charge in [-0.25, -0.2) is 23.5 Å². The second-order valence-corrected chi connectivity index (χ2v) is 4.52. The van der Waals surface area contributed by atoms with Crippen molar-refractivity contribution in [3.63, 3.8) is 0 Å². The van der Waals surface area contributed by atoms with E-state index in [1.54, 1.807) is 0 Å². The van der Waals surface area contributed by atoms with E-state index in [4.69, 9.17) is 17.3 Å². The highest BCUT2D eigenvalue weighted by Crippen LogP contribution is 2.28. The van der Waals surface area contributed by atoms with Crippen LogP contribution in [0.15, 0.2) is 12.1 Å². The maximum atomic E-state index is 14.0. The second-order valence-electron chi connectivity index (χ2n) is 4.14. The average molecular weight is 314 g/mol. The SMILES string of the molecule is COC(=O)c1nc(-c2ccc(C)c(F)c2F)nc(N)c1Cl. The summed E-state index contributed by atoms with van der Waals surface area (Å²) in [5.41, 5.74) is 5.15. The van der Waals surface area contributed by atoms with Crippen molar-refractivity contribution in [2.75, 3.05) is 12.8 Å². The zero-order valence-electron chi connectivity index (χ0n) is 11.1. The van der Waals surface area contributed by atoms with Gasteiger partial charge < -0.3 is 10.5 Å². The van der Waals surface area contributed by atoms with Gasteiger partial charge >= 0.3 is 5.97 Å². The number of nitrogen functional groups attached to an aromatic ring is 1. The predicted molar refractivity (Wildman–Crippen MR) is 72.9 cm³/mol. The van der Waals surface area contributed by atoms with Crippen molar-refractivity contribution in [2.45, 2.75) is 6.92 Å². The van der Waals surface area contributed by atoms with Gasteiger partial charge in [0.15, 0.2) is 23.2 Å². The van der Waals surface area contributed by atoms with Crippen LogP contribution >= 0.6 is 11.6 Å². The molecular weight excluding hydrogens is 304 g/mol. The Balaban J connectivity index is 2.68. The van der Waals surface area contributed by atoms with E-state index in [1.807, 2.05) is 0 Å². The highest BCUT2D eigenvalue weighted by Gasteiger charge is 2.21. The van der Waals surface area contributed by atoms with Crippen molar-refractivity contribution in [2.24, 2.45) is 0 Å². The maximum absolute atomic E-state index is 14.0. The van der Waals surface area contributed by atoms with E-state index < -0.39 is 17.6 Å². The molecule has 0 radical (unpaired) electrons. The molecule has 0 unspecified atom stereocenters. The van der Waals surface area contributed by atoms with Crippen LogP contribution in [0.2, 0.25) is 5.02 Å². The lowest BCUT2D eigenvalue weighted by Gasteiger charge is -2.09. The van der Waals surface area contributed by atoms with E-state index >= 15 is 0 Å². The number of halogens is 3. The van der Waals surface area contributed by atoms with Crippen molar-refractivity contribution in [3.8, 4) is 11.4 Å². The van der Waals surface area contributed by atoms with Crippen molar-refractivity contribution in [1.82, 2.24) is 9.97 Å². The number of aryl methyl sites for hydroxylation is 1. The van der Waals surface area contributed by atoms with Gasteiger partial charge in [0.25, 0.3) is 0 Å². The molecule has 0 aliphatic carbocycles. The van der Waals surface area contributed by atoms with Gasteiger partial charge in [-0.1, -0.05) is 17.7 Å². The molecule has 0 aliphatic rings. The molecule has 1 aromatic carbocycles. The Labute approximate surface area is 123 Å². The zero-order valence-corrected chi connectivity index (χ0v) is 11.8. The fourth-order valence-corrected chi connectivity index (χ4v) is 1.80. The number of carbonyl (C=O) groups is 1. The Hall–Kier alpha value is -2.28. The summed E-state index contributed by atoms with van der Waals surface area (Å²) in [4.78, 5) is 19.1. The topological polar surface area (TPSA) is 78.1 Å². The van der Waals surface area contributed by atoms with Crippen LogP contribution in [0.4, 0.5) is 14.6 Å². The number of anilines is 1. The first-order chi connectivity index (χ1) is 9.86. The summed E-state index contributed by atoms with van der Waals surface area (Å²) < 4.78 is 32.1. The van der Waals surface area contributed by atoms with Gasteiger partial charge in [-0.05, 0) is 18.6 Å². The van der Waals surface area contributed by atoms with Crippen LogP contribution in [-0.4, -0.2) is 23.0 Å². The molecule has 0 aliphatic heterocycles. The van der Waals surface area contributed by atoms with Gasteiger partial charge in [0.05, 0.1) is 12.7 Å². The lowest BCUT2D eigenvalue weighted by atomic mass is 10.1. The first kappa shape index (κ1) is 15.1. The van der Waals surface area contributed by atoms with Crippen LogP contribution in [0, 0.1) is 18.6 Å². The molecule has 1 heterocycles. The second kappa shape index (κ2) is 5.61. The monoisotopic (exact) mass is 313 g/mol. The van der Waals surface area contributed by atoms with Gasteiger partial charge in [0, 0.05) is 0 Å². The van der Waals surface area contributed by atoms with Gasteiger partial charge in [-0.2, -0.15) is 0 Å². The highest BCUT2D eigenvalue weighted by molar-refractivity contribution is 6.35. The van der Waals surface area contributed by atoms with Crippen molar-refractivity contribution in [3.05, 3.63) is 40.0 Å². The van der Waals surface area contributed by atoms with Crippen LogP contribution in [0.25, 0.3) is 11.4 Å². The third kappa shape index (κ3) is 2.64. The molecular formula is C13H10ClF2N3O2. The van der Waals surface area contributed by atoms with Crippen LogP contribution in [0.1, 0.15) is 16.1 Å². The smallest absolute Gasteiger partial charge is 0.358 e. The number of hydrogen-bond donors (Lipinski definition) is 1. The molecule has 2 N–H and O–H groups in total. The van der Waals surface area contributed by atoms with Crippen LogP contribution in [0.5, 0.6) is 0 Å². The summed E-state index contributed by atoms with van der Waals surface area (Å²) in [7, 11) is 1.13. The lowest BCUT2D eigenvalue weighted by Crippen LogP contribution is -2.10. The number of rotatable bonds is 2. The number of hydrogen-bond acceptors (Lipinski definition) is 5. The van der Waals surface area contributed by atoms with Crippen LogP contribution in [-0.2, 0) is 4.74 Å². The van der Waals surface area contributed by atoms with Gasteiger partial charge in [-0.15, -0.1) is 0 Å². The van der Waals surface area contributed by atoms with Gasteiger partial charge in [0.2, 0.25) is 0 Å². The minimum absolute atomic E-state index is 0.131. The molecule has 0 bridgehead atoms. The standard InChI is InChI=1S/C13H10ClF2N3O2/c1-5-3-4-6(9(16)8(5)15)12-18-10(13(20)21-2)7(14)11(17)19-12/h3-4H,1-2H3,(H2,17,18,19). The predicted octanol–water partition coefficient (Wildman–Crippen LogP) is 2.75. The highest BCUT2D eigenvalue weighted by atomic mass is 35.5. The largest absolute Gasteiger partial charge is 0.464 e. The molecule has 0 spiro atoms. The number of ether oxygens (including phenoxy) is 1. The Morgan fingerprint density at radius 1 is 1.29 bits per heavy atom. The summed E-state index contributed by atoms with van der Waals surface area (Å²) >= 11 is 5.80. The number of methoxy groups -OCH3 is 1. The van der Waals surface area contributed by atoms with E-state index in [-0.39, 0.29) is 33.5 Å². The van der Waals surface area contributed by atoms with Crippen molar-refractivity contribution >= 4 is 23.4 Å². The average Bonchev–Trinajstić information content (AvgIpc) is 2.47. The normalized spacial score (nSPS) is 10.5. The third-order valence-electron chi connectivity index (χ3n) is 2.77. The summed E-state index contributed by atoms with van der Waals surface area (Å²) in [5.74, 6) is -3.50. The first-order valence-electron chi connectivity index (χ1n) is 5.73. The molecule has 0 fully saturated rings. The fourth-order valence-electron chi connectivity index (χ4n) is 1.64. The zero-order chi connectivity index (χ0) is 15.7. The molecule has 0 saturated heterocycles. The molecule has 1 aromatic heterocycles. The van der Waals surface area contributed by atoms with Crippen molar-refractivity contribution in [1.29, 1.82) is 0 Å². The summed E-state index contributed by atoms with van der Waals surface area (Å²) in [5, 5.41) is -0.210. The molecule has 0 atom stereocenters. The Morgan fingerprint density at radius 2 is 1.95 bits per heavy atom. The minimum atomic E-state index is -1.13. The molecule has 110 valence electrons. The van der Waals surface area contributed by atoms with Crippen LogP contribution in [0.3, 0.4) is 0 Å². The molecule has 8 heteroatoms. The summed E-state index contributed by atoms with van der Waals surface area (Å²) in [6, 6.07) is 2.65. The quantitative estimate of drug-likeness (QED) is 0.863. The Morgan fingerprint density at radius 3 is 2.57 bits per heavy atom. The number of esters is 1. The summed E-state index contributed by atoms with van der Waals surface area (Å²) in [6.07, 6.45) is 0. The van der Waals surface area contributed by atoms with E-state index in [0.717, 1.165) is 7.11 Å². The Bertz CT molecular complexity index is 738. The minimum Gasteiger partial charge on any atom is -0.464 e. The number of benzene rings is 1. The lowest BCUT2D eigenvalue weighted by molar-refractivity contribution is 0.0594. The van der Waals surface area contributed by atoms with Gasteiger partial charge in [-0.3, -0.25) is 0 Å². The third-order valence-corrected chi connectivity index (χ3v) is 3.14. The fraction of sp³-hybridized carbons (Fsp3) is 0.154. The van der Waals surface area contributed by atoms with E-state index in [9.17, 15) is 13.6 Å². The molecule has 0 saturated carbocycles. The maximum Gasteiger partial charge on any atom is 0.358 e. The van der Waals surface area contributed by atoms with Crippen LogP contribution < -0.4 is 5.73 Å².